The van der Waals surface area contributed by atoms with Crippen LogP contribution < -0.4 is 0 Å². The van der Waals surface area contributed by atoms with Gasteiger partial charge in [-0.15, -0.1) is 0 Å². The van der Waals surface area contributed by atoms with Gasteiger partial charge < -0.3 is 4.74 Å². The van der Waals surface area contributed by atoms with Crippen LogP contribution in [0.15, 0.2) is 29.2 Å². The maximum atomic E-state index is 12.8. The molecule has 1 aromatic rings. The fraction of sp³-hybridized carbons (Fsp3) is 0.500. The van der Waals surface area contributed by atoms with Crippen molar-refractivity contribution in [3.05, 3.63) is 29.8 Å². The lowest BCUT2D eigenvalue weighted by Crippen LogP contribution is -2.52. The van der Waals surface area contributed by atoms with E-state index in [9.17, 15) is 18.0 Å². The minimum absolute atomic E-state index is 0.129. The molecule has 0 unspecified atom stereocenters. The van der Waals surface area contributed by atoms with Crippen molar-refractivity contribution in [1.29, 1.82) is 0 Å². The summed E-state index contributed by atoms with van der Waals surface area (Å²) >= 11 is 0. The Morgan fingerprint density at radius 3 is 2.50 bits per heavy atom. The van der Waals surface area contributed by atoms with E-state index in [0.717, 1.165) is 0 Å². The van der Waals surface area contributed by atoms with Gasteiger partial charge in [0, 0.05) is 38.2 Å². The summed E-state index contributed by atoms with van der Waals surface area (Å²) in [6, 6.07) is 5.84. The van der Waals surface area contributed by atoms with E-state index in [2.05, 4.69) is 0 Å². The molecule has 0 saturated carbocycles. The number of hydrogen-bond donors (Lipinski definition) is 0. The third kappa shape index (κ3) is 3.22. The number of ether oxygens (including phenoxy) is 1. The molecule has 2 saturated heterocycles. The third-order valence-corrected chi connectivity index (χ3v) is 6.39. The van der Waals surface area contributed by atoms with Crippen molar-refractivity contribution >= 4 is 21.8 Å². The Balaban J connectivity index is 1.72. The van der Waals surface area contributed by atoms with Crippen molar-refractivity contribution in [3.63, 3.8) is 0 Å². The van der Waals surface area contributed by atoms with Crippen LogP contribution >= 0.6 is 0 Å². The number of benzene rings is 1. The van der Waals surface area contributed by atoms with Crippen molar-refractivity contribution in [2.75, 3.05) is 32.8 Å². The molecule has 0 aliphatic carbocycles. The van der Waals surface area contributed by atoms with Gasteiger partial charge in [-0.05, 0) is 19.1 Å². The van der Waals surface area contributed by atoms with Crippen LogP contribution in [0, 0.1) is 0 Å². The van der Waals surface area contributed by atoms with Crippen molar-refractivity contribution in [3.8, 4) is 0 Å². The Hall–Kier alpha value is -1.77. The maximum Gasteiger partial charge on any atom is 0.323 e. The second-order valence-electron chi connectivity index (χ2n) is 6.00. The normalized spacial score (nSPS) is 23.2. The number of sulfonamides is 1. The van der Waals surface area contributed by atoms with Crippen molar-refractivity contribution < 1.29 is 22.7 Å². The summed E-state index contributed by atoms with van der Waals surface area (Å²) in [6.07, 6.45) is 0.659. The van der Waals surface area contributed by atoms with Crippen LogP contribution in [0.25, 0.3) is 0 Å². The fourth-order valence-corrected chi connectivity index (χ4v) is 4.57. The summed E-state index contributed by atoms with van der Waals surface area (Å²) in [5.41, 5.74) is 0.378. The Labute approximate surface area is 141 Å². The zero-order valence-electron chi connectivity index (χ0n) is 13.5. The zero-order chi connectivity index (χ0) is 17.3. The van der Waals surface area contributed by atoms with Crippen LogP contribution in [-0.2, 0) is 19.6 Å². The Kier molecular flexibility index (Phi) is 4.71. The summed E-state index contributed by atoms with van der Waals surface area (Å²) in [5, 5.41) is 0. The molecule has 3 rings (SSSR count). The molecule has 2 fully saturated rings. The average molecular weight is 352 g/mol. The van der Waals surface area contributed by atoms with E-state index >= 15 is 0 Å². The molecule has 2 aliphatic heterocycles. The van der Waals surface area contributed by atoms with Crippen molar-refractivity contribution in [1.82, 2.24) is 9.21 Å². The highest BCUT2D eigenvalue weighted by atomic mass is 32.2. The molecule has 8 heteroatoms. The number of carbonyl (C=O) groups excluding carboxylic acids is 2. The summed E-state index contributed by atoms with van der Waals surface area (Å²) in [6.45, 7) is 3.45. The number of piperazine rings is 1. The molecule has 0 radical (unpaired) electrons. The quantitative estimate of drug-likeness (QED) is 0.580. The molecule has 0 aromatic heterocycles. The molecule has 2 heterocycles. The molecule has 1 atom stereocenters. The highest BCUT2D eigenvalue weighted by Gasteiger charge is 2.36. The minimum atomic E-state index is -3.64. The number of carbonyl (C=O) groups is 2. The van der Waals surface area contributed by atoms with E-state index in [-0.39, 0.29) is 22.7 Å². The highest BCUT2D eigenvalue weighted by Crippen LogP contribution is 2.22. The molecule has 0 bridgehead atoms. The first-order valence-electron chi connectivity index (χ1n) is 7.91. The molecular weight excluding hydrogens is 332 g/mol. The topological polar surface area (TPSA) is 84.0 Å². The number of cyclic esters (lactones) is 1. The Morgan fingerprint density at radius 2 is 1.92 bits per heavy atom. The molecule has 24 heavy (non-hydrogen) atoms. The lowest BCUT2D eigenvalue weighted by Gasteiger charge is -2.35. The van der Waals surface area contributed by atoms with Gasteiger partial charge in [0.05, 0.1) is 11.5 Å². The first kappa shape index (κ1) is 17.1. The Bertz CT molecular complexity index is 753. The van der Waals surface area contributed by atoms with Gasteiger partial charge in [0.1, 0.15) is 6.04 Å². The second-order valence-corrected chi connectivity index (χ2v) is 7.93. The maximum absolute atomic E-state index is 12.8. The first-order chi connectivity index (χ1) is 11.4. The van der Waals surface area contributed by atoms with Crippen LogP contribution in [0.4, 0.5) is 0 Å². The number of nitrogens with zero attached hydrogens (tertiary/aromatic N) is 2. The van der Waals surface area contributed by atoms with Crippen LogP contribution in [-0.4, -0.2) is 68.2 Å². The van der Waals surface area contributed by atoms with Crippen LogP contribution in [0.5, 0.6) is 0 Å². The number of hydrogen-bond acceptors (Lipinski definition) is 6. The smallest absolute Gasteiger partial charge is 0.323 e. The lowest BCUT2D eigenvalue weighted by atomic mass is 10.2. The highest BCUT2D eigenvalue weighted by molar-refractivity contribution is 7.89. The van der Waals surface area contributed by atoms with Gasteiger partial charge >= 0.3 is 5.97 Å². The van der Waals surface area contributed by atoms with E-state index in [0.29, 0.717) is 44.8 Å². The largest absolute Gasteiger partial charge is 0.464 e. The zero-order valence-corrected chi connectivity index (χ0v) is 14.3. The molecule has 2 aliphatic rings. The van der Waals surface area contributed by atoms with E-state index in [1.54, 1.807) is 12.1 Å². The molecular formula is C16H20N2O5S. The van der Waals surface area contributed by atoms with Crippen molar-refractivity contribution in [2.24, 2.45) is 0 Å². The van der Waals surface area contributed by atoms with E-state index < -0.39 is 10.0 Å². The van der Waals surface area contributed by atoms with Gasteiger partial charge in [0.2, 0.25) is 10.0 Å². The molecule has 0 N–H and O–H groups in total. The molecule has 130 valence electrons. The van der Waals surface area contributed by atoms with Gasteiger partial charge in [0.15, 0.2) is 5.78 Å². The van der Waals surface area contributed by atoms with Crippen LogP contribution in [0.2, 0.25) is 0 Å². The predicted octanol–water partition coefficient (Wildman–Crippen LogP) is 0.511. The Morgan fingerprint density at radius 1 is 1.21 bits per heavy atom. The van der Waals surface area contributed by atoms with Gasteiger partial charge in [0.25, 0.3) is 0 Å². The van der Waals surface area contributed by atoms with E-state index in [4.69, 9.17) is 4.74 Å². The van der Waals surface area contributed by atoms with Gasteiger partial charge in [-0.1, -0.05) is 12.1 Å². The van der Waals surface area contributed by atoms with E-state index in [1.165, 1.54) is 23.4 Å². The number of Topliss-reactive ketones (excluding diaryl/α,β-unsaturated/α-hetero) is 1. The SMILES string of the molecule is CC(=O)c1cccc(S(=O)(=O)N2CCN([C@@H]3CCOC3=O)CC2)c1. The monoisotopic (exact) mass is 352 g/mol. The van der Waals surface area contributed by atoms with E-state index in [1.807, 2.05) is 4.90 Å². The average Bonchev–Trinajstić information content (AvgIpc) is 3.01. The number of ketones is 1. The lowest BCUT2D eigenvalue weighted by molar-refractivity contribution is -0.142. The van der Waals surface area contributed by atoms with Gasteiger partial charge in [-0.3, -0.25) is 14.5 Å². The molecule has 0 spiro atoms. The van der Waals surface area contributed by atoms with Gasteiger partial charge in [-0.25, -0.2) is 8.42 Å². The summed E-state index contributed by atoms with van der Waals surface area (Å²) in [4.78, 5) is 25.2. The molecule has 1 aromatic carbocycles. The number of esters is 1. The fourth-order valence-electron chi connectivity index (χ4n) is 3.10. The summed E-state index contributed by atoms with van der Waals surface area (Å²) in [7, 11) is -3.64. The van der Waals surface area contributed by atoms with Crippen molar-refractivity contribution in [2.45, 2.75) is 24.3 Å². The van der Waals surface area contributed by atoms with Gasteiger partial charge in [-0.2, -0.15) is 4.31 Å². The standard InChI is InChI=1S/C16H20N2O5S/c1-12(19)13-3-2-4-14(11-13)24(21,22)18-8-6-17(7-9-18)15-5-10-23-16(15)20/h2-4,11,15H,5-10H2,1H3/t15-/m1/s1. The predicted molar refractivity (Wildman–Crippen MR) is 86.1 cm³/mol. The minimum Gasteiger partial charge on any atom is -0.464 e. The first-order valence-corrected chi connectivity index (χ1v) is 9.35. The summed E-state index contributed by atoms with van der Waals surface area (Å²) < 4.78 is 31.9. The van der Waals surface area contributed by atoms with Crippen LogP contribution in [0.1, 0.15) is 23.7 Å². The molecule has 0 amide bonds. The summed E-state index contributed by atoms with van der Waals surface area (Å²) in [5.74, 6) is -0.392. The van der Waals surface area contributed by atoms with Crippen LogP contribution in [0.3, 0.4) is 0 Å². The molecule has 7 nitrogen and oxygen atoms in total. The number of rotatable bonds is 4. The third-order valence-electron chi connectivity index (χ3n) is 4.50. The second kappa shape index (κ2) is 6.62.